The molecule has 2 aromatic rings. The number of amides is 1. The molecule has 106 valence electrons. The molecule has 5 heteroatoms. The van der Waals surface area contributed by atoms with Crippen LogP contribution in [0.25, 0.3) is 0 Å². The maximum atomic E-state index is 12.0. The summed E-state index contributed by atoms with van der Waals surface area (Å²) in [6.07, 6.45) is 4.37. The summed E-state index contributed by atoms with van der Waals surface area (Å²) >= 11 is 0. The minimum Gasteiger partial charge on any atom is -0.350 e. The van der Waals surface area contributed by atoms with Crippen molar-refractivity contribution in [2.45, 2.75) is 25.9 Å². The monoisotopic (exact) mass is 272 g/mol. The molecule has 0 saturated carbocycles. The van der Waals surface area contributed by atoms with E-state index in [1.807, 2.05) is 12.1 Å². The number of hydrogen-bond donors (Lipinski definition) is 2. The fourth-order valence-electron chi connectivity index (χ4n) is 1.94. The second-order valence-corrected chi connectivity index (χ2v) is 4.81. The van der Waals surface area contributed by atoms with Crippen LogP contribution in [0.1, 0.15) is 29.7 Å². The third-order valence-corrected chi connectivity index (χ3v) is 3.26. The molecule has 0 aliphatic heterocycles. The van der Waals surface area contributed by atoms with Gasteiger partial charge in [-0.3, -0.25) is 9.48 Å². The van der Waals surface area contributed by atoms with Gasteiger partial charge in [0.25, 0.3) is 0 Å². The Morgan fingerprint density at radius 1 is 1.35 bits per heavy atom. The summed E-state index contributed by atoms with van der Waals surface area (Å²) in [7, 11) is 1.80. The molecule has 0 radical (unpaired) electrons. The van der Waals surface area contributed by atoms with Gasteiger partial charge in [-0.1, -0.05) is 31.2 Å². The summed E-state index contributed by atoms with van der Waals surface area (Å²) in [5.74, 6) is -0.197. The average molecular weight is 272 g/mol. The van der Waals surface area contributed by atoms with Gasteiger partial charge in [-0.05, 0) is 17.5 Å². The van der Waals surface area contributed by atoms with Gasteiger partial charge in [0.1, 0.15) is 6.04 Å². The van der Waals surface area contributed by atoms with E-state index in [2.05, 4.69) is 29.5 Å². The van der Waals surface area contributed by atoms with Crippen LogP contribution in [-0.2, 0) is 24.8 Å². The van der Waals surface area contributed by atoms with Gasteiger partial charge in [0, 0.05) is 25.4 Å². The predicted molar refractivity (Wildman–Crippen MR) is 77.8 cm³/mol. The van der Waals surface area contributed by atoms with E-state index in [4.69, 9.17) is 5.73 Å². The normalized spacial score (nSPS) is 12.2. The molecular formula is C15H20N4O. The van der Waals surface area contributed by atoms with Crippen LogP contribution in [0, 0.1) is 0 Å². The van der Waals surface area contributed by atoms with Gasteiger partial charge in [-0.15, -0.1) is 0 Å². The van der Waals surface area contributed by atoms with Crippen molar-refractivity contribution in [3.63, 3.8) is 0 Å². The molecule has 0 aliphatic rings. The van der Waals surface area contributed by atoms with Crippen LogP contribution in [0.2, 0.25) is 0 Å². The number of rotatable bonds is 5. The molecule has 1 aromatic heterocycles. The molecule has 1 unspecified atom stereocenters. The van der Waals surface area contributed by atoms with Gasteiger partial charge in [-0.25, -0.2) is 0 Å². The highest BCUT2D eigenvalue weighted by Crippen LogP contribution is 2.09. The van der Waals surface area contributed by atoms with Gasteiger partial charge < -0.3 is 11.1 Å². The number of nitrogens with one attached hydrogen (secondary N) is 1. The van der Waals surface area contributed by atoms with Crippen LogP contribution in [0.5, 0.6) is 0 Å². The van der Waals surface area contributed by atoms with E-state index in [0.717, 1.165) is 12.0 Å². The van der Waals surface area contributed by atoms with E-state index in [1.165, 1.54) is 5.56 Å². The zero-order valence-corrected chi connectivity index (χ0v) is 11.8. The average Bonchev–Trinajstić information content (AvgIpc) is 2.91. The van der Waals surface area contributed by atoms with Crippen molar-refractivity contribution in [1.29, 1.82) is 0 Å². The number of aromatic nitrogens is 2. The van der Waals surface area contributed by atoms with Gasteiger partial charge in [0.2, 0.25) is 5.91 Å². The Hall–Kier alpha value is -2.14. The largest absolute Gasteiger partial charge is 0.350 e. The number of nitrogens with zero attached hydrogens (tertiary/aromatic N) is 2. The van der Waals surface area contributed by atoms with Crippen LogP contribution in [0.15, 0.2) is 36.7 Å². The number of aryl methyl sites for hydroxylation is 2. The summed E-state index contributed by atoms with van der Waals surface area (Å²) in [6.45, 7) is 2.60. The van der Waals surface area contributed by atoms with Crippen LogP contribution in [0.3, 0.4) is 0 Å². The molecule has 0 spiro atoms. The van der Waals surface area contributed by atoms with E-state index in [0.29, 0.717) is 12.1 Å². The first-order chi connectivity index (χ1) is 9.60. The number of carbonyl (C=O) groups excluding carboxylic acids is 1. The summed E-state index contributed by atoms with van der Waals surface area (Å²) in [5.41, 5.74) is 8.96. The smallest absolute Gasteiger partial charge is 0.241 e. The minimum atomic E-state index is -0.682. The Kier molecular flexibility index (Phi) is 4.53. The van der Waals surface area contributed by atoms with Crippen molar-refractivity contribution in [3.8, 4) is 0 Å². The topological polar surface area (TPSA) is 72.9 Å². The summed E-state index contributed by atoms with van der Waals surface area (Å²) in [4.78, 5) is 12.0. The molecule has 1 heterocycles. The van der Waals surface area contributed by atoms with Crippen molar-refractivity contribution < 1.29 is 4.79 Å². The molecule has 0 saturated heterocycles. The third kappa shape index (κ3) is 3.45. The quantitative estimate of drug-likeness (QED) is 0.861. The lowest BCUT2D eigenvalue weighted by Gasteiger charge is -2.11. The number of benzene rings is 1. The van der Waals surface area contributed by atoms with E-state index >= 15 is 0 Å². The molecule has 0 aliphatic carbocycles. The second kappa shape index (κ2) is 6.34. The highest BCUT2D eigenvalue weighted by molar-refractivity contribution is 5.82. The van der Waals surface area contributed by atoms with Gasteiger partial charge in [-0.2, -0.15) is 5.10 Å². The molecule has 3 N–H and O–H groups in total. The Bertz CT molecular complexity index is 574. The van der Waals surface area contributed by atoms with Crippen LogP contribution < -0.4 is 11.1 Å². The molecule has 2 rings (SSSR count). The van der Waals surface area contributed by atoms with Crippen molar-refractivity contribution >= 4 is 5.91 Å². The lowest BCUT2D eigenvalue weighted by molar-refractivity contribution is -0.122. The van der Waals surface area contributed by atoms with Crippen molar-refractivity contribution in [2.75, 3.05) is 0 Å². The first-order valence-corrected chi connectivity index (χ1v) is 6.69. The van der Waals surface area contributed by atoms with Gasteiger partial charge in [0.15, 0.2) is 0 Å². The molecule has 20 heavy (non-hydrogen) atoms. The van der Waals surface area contributed by atoms with Gasteiger partial charge >= 0.3 is 0 Å². The van der Waals surface area contributed by atoms with Crippen molar-refractivity contribution in [3.05, 3.63) is 53.3 Å². The molecule has 0 bridgehead atoms. The van der Waals surface area contributed by atoms with Crippen LogP contribution >= 0.6 is 0 Å². The molecule has 1 atom stereocenters. The molecule has 0 fully saturated rings. The fourth-order valence-corrected chi connectivity index (χ4v) is 1.94. The maximum absolute atomic E-state index is 12.0. The molecular weight excluding hydrogens is 252 g/mol. The van der Waals surface area contributed by atoms with E-state index in [9.17, 15) is 4.79 Å². The molecule has 1 aromatic carbocycles. The zero-order chi connectivity index (χ0) is 14.5. The number of hydrogen-bond acceptors (Lipinski definition) is 3. The Morgan fingerprint density at radius 2 is 2.00 bits per heavy atom. The SMILES string of the molecule is CCc1ccc(CNC(=O)C(N)c2cnn(C)c2)cc1. The number of nitrogens with two attached hydrogens (primary N) is 1. The van der Waals surface area contributed by atoms with Gasteiger partial charge in [0.05, 0.1) is 6.20 Å². The minimum absolute atomic E-state index is 0.197. The van der Waals surface area contributed by atoms with E-state index < -0.39 is 6.04 Å². The third-order valence-electron chi connectivity index (χ3n) is 3.26. The first-order valence-electron chi connectivity index (χ1n) is 6.69. The Morgan fingerprint density at radius 3 is 2.55 bits per heavy atom. The van der Waals surface area contributed by atoms with Crippen molar-refractivity contribution in [2.24, 2.45) is 12.8 Å². The zero-order valence-electron chi connectivity index (χ0n) is 11.8. The maximum Gasteiger partial charge on any atom is 0.241 e. The van der Waals surface area contributed by atoms with Crippen LogP contribution in [-0.4, -0.2) is 15.7 Å². The fraction of sp³-hybridized carbons (Fsp3) is 0.333. The predicted octanol–water partition coefficient (Wildman–Crippen LogP) is 1.30. The summed E-state index contributed by atoms with van der Waals surface area (Å²) < 4.78 is 1.63. The Labute approximate surface area is 118 Å². The van der Waals surface area contributed by atoms with E-state index in [1.54, 1.807) is 24.1 Å². The molecule has 1 amide bonds. The summed E-state index contributed by atoms with van der Waals surface area (Å²) in [5, 5.41) is 6.86. The Balaban J connectivity index is 1.91. The van der Waals surface area contributed by atoms with Crippen molar-refractivity contribution in [1.82, 2.24) is 15.1 Å². The van der Waals surface area contributed by atoms with Crippen LogP contribution in [0.4, 0.5) is 0 Å². The number of carbonyl (C=O) groups is 1. The second-order valence-electron chi connectivity index (χ2n) is 4.81. The van der Waals surface area contributed by atoms with E-state index in [-0.39, 0.29) is 5.91 Å². The highest BCUT2D eigenvalue weighted by atomic mass is 16.2. The first kappa shape index (κ1) is 14.3. The summed E-state index contributed by atoms with van der Waals surface area (Å²) in [6, 6.07) is 7.51. The molecule has 5 nitrogen and oxygen atoms in total. The standard InChI is InChI=1S/C15H20N4O/c1-3-11-4-6-12(7-5-11)8-17-15(20)14(16)13-9-18-19(2)10-13/h4-7,9-10,14H,3,8,16H2,1-2H3,(H,17,20). The highest BCUT2D eigenvalue weighted by Gasteiger charge is 2.16. The lowest BCUT2D eigenvalue weighted by atomic mass is 10.1. The lowest BCUT2D eigenvalue weighted by Crippen LogP contribution is -2.33.